The van der Waals surface area contributed by atoms with E-state index in [2.05, 4.69) is 19.2 Å². The Morgan fingerprint density at radius 3 is 2.78 bits per heavy atom. The quantitative estimate of drug-likeness (QED) is 0.706. The first kappa shape index (κ1) is 15.1. The van der Waals surface area contributed by atoms with Gasteiger partial charge in [0.05, 0.1) is 11.2 Å². The Kier molecular flexibility index (Phi) is 5.31. The molecule has 0 saturated carbocycles. The van der Waals surface area contributed by atoms with E-state index in [9.17, 15) is 9.90 Å². The Morgan fingerprint density at radius 1 is 1.61 bits per heavy atom. The third-order valence-electron chi connectivity index (χ3n) is 2.59. The van der Waals surface area contributed by atoms with Crippen molar-refractivity contribution in [3.8, 4) is 0 Å². The first-order chi connectivity index (χ1) is 8.30. The standard InChI is InChI=1S/C13H22N2O2S/c1-9(2)5-13(3,17)8-15-6-11-4-10(7-18-11)12(14)16/h4,7,9,15,17H,5-6,8H2,1-3H3,(H2,14,16). The third-order valence-corrected chi connectivity index (χ3v) is 3.53. The van der Waals surface area contributed by atoms with Crippen LogP contribution in [0.25, 0.3) is 0 Å². The summed E-state index contributed by atoms with van der Waals surface area (Å²) >= 11 is 1.50. The number of amides is 1. The van der Waals surface area contributed by atoms with Crippen molar-refractivity contribution >= 4 is 17.2 Å². The molecule has 0 aliphatic heterocycles. The molecular weight excluding hydrogens is 248 g/mol. The number of thiophene rings is 1. The molecule has 5 heteroatoms. The Morgan fingerprint density at radius 2 is 2.28 bits per heavy atom. The molecule has 0 aliphatic carbocycles. The lowest BCUT2D eigenvalue weighted by Gasteiger charge is -2.25. The van der Waals surface area contributed by atoms with E-state index in [1.54, 1.807) is 11.4 Å². The SMILES string of the molecule is CC(C)CC(C)(O)CNCc1cc(C(N)=O)cs1. The number of hydrogen-bond acceptors (Lipinski definition) is 4. The topological polar surface area (TPSA) is 75.3 Å². The molecule has 4 N–H and O–H groups in total. The van der Waals surface area contributed by atoms with Gasteiger partial charge in [-0.15, -0.1) is 11.3 Å². The van der Waals surface area contributed by atoms with Gasteiger partial charge < -0.3 is 16.2 Å². The molecular formula is C13H22N2O2S. The van der Waals surface area contributed by atoms with E-state index in [-0.39, 0.29) is 0 Å². The molecule has 1 aromatic rings. The number of nitrogens with one attached hydrogen (secondary N) is 1. The molecule has 0 aliphatic rings. The number of primary amides is 1. The molecule has 18 heavy (non-hydrogen) atoms. The van der Waals surface area contributed by atoms with E-state index in [1.807, 2.05) is 6.92 Å². The average Bonchev–Trinajstić information content (AvgIpc) is 2.63. The lowest BCUT2D eigenvalue weighted by atomic mass is 9.94. The minimum Gasteiger partial charge on any atom is -0.389 e. The summed E-state index contributed by atoms with van der Waals surface area (Å²) in [7, 11) is 0. The van der Waals surface area contributed by atoms with Gasteiger partial charge in [0, 0.05) is 23.3 Å². The van der Waals surface area contributed by atoms with Crippen LogP contribution in [0.3, 0.4) is 0 Å². The van der Waals surface area contributed by atoms with Crippen LogP contribution in [0.4, 0.5) is 0 Å². The van der Waals surface area contributed by atoms with Crippen molar-refractivity contribution in [3.63, 3.8) is 0 Å². The van der Waals surface area contributed by atoms with E-state index in [1.165, 1.54) is 11.3 Å². The van der Waals surface area contributed by atoms with Gasteiger partial charge >= 0.3 is 0 Å². The Bertz CT molecular complexity index is 399. The van der Waals surface area contributed by atoms with Crippen molar-refractivity contribution < 1.29 is 9.90 Å². The second-order valence-corrected chi connectivity index (χ2v) is 6.36. The van der Waals surface area contributed by atoms with Gasteiger partial charge in [0.15, 0.2) is 0 Å². The number of nitrogens with two attached hydrogens (primary N) is 1. The molecule has 1 heterocycles. The molecule has 1 atom stereocenters. The maximum Gasteiger partial charge on any atom is 0.249 e. The molecule has 0 spiro atoms. The van der Waals surface area contributed by atoms with Crippen molar-refractivity contribution in [2.45, 2.75) is 39.3 Å². The van der Waals surface area contributed by atoms with E-state index in [0.717, 1.165) is 11.3 Å². The predicted molar refractivity (Wildman–Crippen MR) is 74.6 cm³/mol. The average molecular weight is 270 g/mol. The zero-order valence-corrected chi connectivity index (χ0v) is 12.0. The summed E-state index contributed by atoms with van der Waals surface area (Å²) in [4.78, 5) is 12.0. The smallest absolute Gasteiger partial charge is 0.249 e. The maximum absolute atomic E-state index is 10.9. The van der Waals surface area contributed by atoms with Crippen LogP contribution in [0.1, 0.15) is 42.4 Å². The highest BCUT2D eigenvalue weighted by molar-refractivity contribution is 7.10. The van der Waals surface area contributed by atoms with Crippen LogP contribution in [-0.4, -0.2) is 23.2 Å². The summed E-state index contributed by atoms with van der Waals surface area (Å²) < 4.78 is 0. The van der Waals surface area contributed by atoms with Gasteiger partial charge in [-0.1, -0.05) is 13.8 Å². The molecule has 1 aromatic heterocycles. The molecule has 1 rings (SSSR count). The van der Waals surface area contributed by atoms with Crippen molar-refractivity contribution in [3.05, 3.63) is 21.9 Å². The first-order valence-corrected chi connectivity index (χ1v) is 6.98. The van der Waals surface area contributed by atoms with E-state index >= 15 is 0 Å². The predicted octanol–water partition coefficient (Wildman–Crippen LogP) is 1.73. The Hall–Kier alpha value is -0.910. The molecule has 0 fully saturated rings. The van der Waals surface area contributed by atoms with Gasteiger partial charge in [-0.25, -0.2) is 0 Å². The fourth-order valence-electron chi connectivity index (χ4n) is 2.01. The van der Waals surface area contributed by atoms with Gasteiger partial charge in [0.25, 0.3) is 0 Å². The number of rotatable bonds is 7. The molecule has 1 unspecified atom stereocenters. The Balaban J connectivity index is 2.39. The fourth-order valence-corrected chi connectivity index (χ4v) is 2.85. The lowest BCUT2D eigenvalue weighted by molar-refractivity contribution is 0.0384. The largest absolute Gasteiger partial charge is 0.389 e. The summed E-state index contributed by atoms with van der Waals surface area (Å²) in [5, 5.41) is 15.1. The number of carbonyl (C=O) groups excluding carboxylic acids is 1. The second kappa shape index (κ2) is 6.31. The van der Waals surface area contributed by atoms with Gasteiger partial charge in [0.2, 0.25) is 5.91 Å². The monoisotopic (exact) mass is 270 g/mol. The summed E-state index contributed by atoms with van der Waals surface area (Å²) in [6.45, 7) is 7.20. The second-order valence-electron chi connectivity index (χ2n) is 5.36. The molecule has 1 amide bonds. The van der Waals surface area contributed by atoms with E-state index in [0.29, 0.717) is 24.6 Å². The summed E-state index contributed by atoms with van der Waals surface area (Å²) in [5.41, 5.74) is 5.04. The van der Waals surface area contributed by atoms with Crippen LogP contribution < -0.4 is 11.1 Å². The van der Waals surface area contributed by atoms with Crippen molar-refractivity contribution in [1.29, 1.82) is 0 Å². The Labute approximate surface area is 112 Å². The normalized spacial score (nSPS) is 14.7. The number of carbonyl (C=O) groups is 1. The number of aliphatic hydroxyl groups is 1. The minimum absolute atomic E-state index is 0.399. The van der Waals surface area contributed by atoms with Gasteiger partial charge in [0.1, 0.15) is 0 Å². The number of hydrogen-bond donors (Lipinski definition) is 3. The van der Waals surface area contributed by atoms with Gasteiger partial charge in [-0.05, 0) is 25.3 Å². The molecule has 0 aromatic carbocycles. The minimum atomic E-state index is -0.696. The van der Waals surface area contributed by atoms with Crippen LogP contribution >= 0.6 is 11.3 Å². The molecule has 102 valence electrons. The zero-order chi connectivity index (χ0) is 13.8. The highest BCUT2D eigenvalue weighted by Gasteiger charge is 2.21. The van der Waals surface area contributed by atoms with Crippen LogP contribution in [-0.2, 0) is 6.54 Å². The molecule has 0 bridgehead atoms. The van der Waals surface area contributed by atoms with Crippen LogP contribution in [0.2, 0.25) is 0 Å². The fraction of sp³-hybridized carbons (Fsp3) is 0.615. The molecule has 4 nitrogen and oxygen atoms in total. The molecule has 0 saturated heterocycles. The first-order valence-electron chi connectivity index (χ1n) is 6.10. The van der Waals surface area contributed by atoms with E-state index < -0.39 is 11.5 Å². The summed E-state index contributed by atoms with van der Waals surface area (Å²) in [5.74, 6) is 0.0642. The maximum atomic E-state index is 10.9. The van der Waals surface area contributed by atoms with Gasteiger partial charge in [-0.3, -0.25) is 4.79 Å². The zero-order valence-electron chi connectivity index (χ0n) is 11.2. The highest BCUT2D eigenvalue weighted by Crippen LogP contribution is 2.17. The summed E-state index contributed by atoms with van der Waals surface area (Å²) in [6, 6.07) is 1.79. The highest BCUT2D eigenvalue weighted by atomic mass is 32.1. The van der Waals surface area contributed by atoms with E-state index in [4.69, 9.17) is 5.73 Å². The van der Waals surface area contributed by atoms with Crippen LogP contribution in [0, 0.1) is 5.92 Å². The van der Waals surface area contributed by atoms with Crippen molar-refractivity contribution in [1.82, 2.24) is 5.32 Å². The van der Waals surface area contributed by atoms with Gasteiger partial charge in [-0.2, -0.15) is 0 Å². The lowest BCUT2D eigenvalue weighted by Crippen LogP contribution is -2.38. The van der Waals surface area contributed by atoms with Crippen LogP contribution in [0.15, 0.2) is 11.4 Å². The molecule has 0 radical (unpaired) electrons. The van der Waals surface area contributed by atoms with Crippen LogP contribution in [0.5, 0.6) is 0 Å². The van der Waals surface area contributed by atoms with Crippen molar-refractivity contribution in [2.75, 3.05) is 6.54 Å². The van der Waals surface area contributed by atoms with Crippen molar-refractivity contribution in [2.24, 2.45) is 11.7 Å². The summed E-state index contributed by atoms with van der Waals surface area (Å²) in [6.07, 6.45) is 0.761. The third kappa shape index (κ3) is 5.16.